The summed E-state index contributed by atoms with van der Waals surface area (Å²) in [6, 6.07) is 59.7. The minimum atomic E-state index is -6.12. The molecule has 1 N–H and O–H groups in total. The summed E-state index contributed by atoms with van der Waals surface area (Å²) < 4.78 is 75.6. The van der Waals surface area contributed by atoms with Gasteiger partial charge in [0.2, 0.25) is 0 Å². The van der Waals surface area contributed by atoms with Gasteiger partial charge in [0, 0.05) is 40.2 Å². The summed E-state index contributed by atoms with van der Waals surface area (Å²) in [6.45, 7) is 4.40. The molecule has 3 aliphatic rings. The zero-order valence-corrected chi connectivity index (χ0v) is 37.7. The van der Waals surface area contributed by atoms with Gasteiger partial charge in [0.05, 0.1) is 6.04 Å². The number of rotatable bonds is 11. The van der Waals surface area contributed by atoms with E-state index in [1.165, 1.54) is 11.6 Å². The number of hydrogen-bond donors (Lipinski definition) is 1. The number of benzene rings is 7. The van der Waals surface area contributed by atoms with Crippen molar-refractivity contribution < 1.29 is 25.8 Å². The van der Waals surface area contributed by atoms with Crippen molar-refractivity contribution in [3.05, 3.63) is 240 Å². The third-order valence-electron chi connectivity index (χ3n) is 13.1. The predicted molar refractivity (Wildman–Crippen MR) is 265 cm³/mol. The van der Waals surface area contributed by atoms with Gasteiger partial charge in [-0.3, -0.25) is 0 Å². The van der Waals surface area contributed by atoms with Crippen LogP contribution in [0.4, 0.5) is 30.2 Å². The molecule has 0 bridgehead atoms. The van der Waals surface area contributed by atoms with Crippen LogP contribution in [0.25, 0.3) is 39.0 Å². The predicted octanol–water partition coefficient (Wildman–Crippen LogP) is 15.0. The fourth-order valence-corrected chi connectivity index (χ4v) is 10.4. The highest BCUT2D eigenvalue weighted by atomic mass is 32.2. The molecule has 0 heterocycles. The molecule has 0 saturated carbocycles. The zero-order chi connectivity index (χ0) is 46.3. The number of alkyl halides is 3. The molecule has 7 aromatic carbocycles. The molecular weight excluding hydrogens is 862 g/mol. The smallest absolute Gasteiger partial charge is 0.378 e. The second-order valence-electron chi connectivity index (χ2n) is 17.6. The van der Waals surface area contributed by atoms with Gasteiger partial charge in [-0.05, 0) is 110 Å². The molecule has 0 aliphatic heterocycles. The Balaban J connectivity index is 1.15. The molecule has 2 unspecified atom stereocenters. The normalized spacial score (nSPS) is 17.5. The minimum Gasteiger partial charge on any atom is -0.378 e. The third-order valence-corrected chi connectivity index (χ3v) is 14.1. The number of hydrogen-bond acceptors (Lipinski definition) is 5. The van der Waals surface area contributed by atoms with Crippen molar-refractivity contribution in [2.24, 2.45) is 5.92 Å². The first-order valence-corrected chi connectivity index (χ1v) is 23.8. The van der Waals surface area contributed by atoms with Crippen LogP contribution in [0.3, 0.4) is 0 Å². The Morgan fingerprint density at radius 3 is 1.88 bits per heavy atom. The van der Waals surface area contributed by atoms with Crippen molar-refractivity contribution >= 4 is 32.8 Å². The van der Waals surface area contributed by atoms with E-state index in [9.17, 15) is 21.6 Å². The lowest BCUT2D eigenvalue weighted by Gasteiger charge is -2.37. The number of fused-ring (bicyclic) bond motifs is 3. The summed E-state index contributed by atoms with van der Waals surface area (Å²) in [7, 11) is -6.12. The molecule has 0 radical (unpaired) electrons. The average molecular weight is 909 g/mol. The number of halogens is 3. The molecule has 0 aromatic heterocycles. The Morgan fingerprint density at radius 1 is 0.612 bits per heavy atom. The molecule has 0 spiro atoms. The van der Waals surface area contributed by atoms with Crippen LogP contribution in [0.5, 0.6) is 0 Å². The molecule has 67 heavy (non-hydrogen) atoms. The maximum atomic E-state index is 14.5. The van der Waals surface area contributed by atoms with Gasteiger partial charge < -0.3 is 14.4 Å². The maximum absolute atomic E-state index is 14.5. The number of nitrogens with zero attached hydrogens (tertiary/aromatic N) is 1. The molecule has 10 rings (SSSR count). The van der Waals surface area contributed by atoms with Crippen LogP contribution in [0, 0.1) is 5.92 Å². The van der Waals surface area contributed by atoms with E-state index in [0.29, 0.717) is 17.7 Å². The second kappa shape index (κ2) is 17.5. The first-order chi connectivity index (χ1) is 32.4. The fraction of sp³-hybridized carbons (Fsp3) is 0.138. The van der Waals surface area contributed by atoms with Crippen molar-refractivity contribution in [2.45, 2.75) is 43.7 Å². The van der Waals surface area contributed by atoms with Gasteiger partial charge in [0.25, 0.3) is 0 Å². The van der Waals surface area contributed by atoms with Crippen LogP contribution in [0.15, 0.2) is 223 Å². The van der Waals surface area contributed by atoms with Crippen molar-refractivity contribution in [2.75, 3.05) is 10.2 Å². The van der Waals surface area contributed by atoms with E-state index in [0.717, 1.165) is 67.1 Å². The summed E-state index contributed by atoms with van der Waals surface area (Å²) in [4.78, 5) is 2.03. The van der Waals surface area contributed by atoms with Crippen molar-refractivity contribution in [3.8, 4) is 33.4 Å². The molecule has 2 atom stereocenters. The zero-order valence-electron chi connectivity index (χ0n) is 36.9. The molecule has 0 saturated heterocycles. The van der Waals surface area contributed by atoms with E-state index in [2.05, 4.69) is 49.5 Å². The molecule has 334 valence electrons. The van der Waals surface area contributed by atoms with Gasteiger partial charge in [0.15, 0.2) is 0 Å². The van der Waals surface area contributed by atoms with Gasteiger partial charge in [-0.25, -0.2) is 0 Å². The Kier molecular flexibility index (Phi) is 11.3. The summed E-state index contributed by atoms with van der Waals surface area (Å²) in [5, 5.41) is 3.68. The lowest BCUT2D eigenvalue weighted by Crippen LogP contribution is -2.34. The van der Waals surface area contributed by atoms with Crippen LogP contribution in [-0.4, -0.2) is 20.0 Å². The van der Waals surface area contributed by atoms with E-state index < -0.39 is 27.6 Å². The standard InChI is InChI=1S/C58H47F3N2O3S/c1-57(2)52-29-13-12-27-49(52)50-33-31-46(37-53(50)57)63(45-26-15-24-43(36-45)40-19-8-4-9-20-40)47-32-34-51(55(38-47)66-67(64,65)58(59,60)61)56-48(41-21-10-5-11-22-41)28-16-30-54(56)62-44-25-14-23-42(35-44)39-17-6-3-7-18-39/h3-31,33,35-38,54,56,62H,32,34H2,1-2H3. The summed E-state index contributed by atoms with van der Waals surface area (Å²) in [6.07, 6.45) is 7.91. The third kappa shape index (κ3) is 8.40. The van der Waals surface area contributed by atoms with Crippen LogP contribution in [0.1, 0.15) is 43.4 Å². The highest BCUT2D eigenvalue weighted by Gasteiger charge is 2.50. The first kappa shape index (κ1) is 43.5. The molecule has 0 fully saturated rings. The van der Waals surface area contributed by atoms with E-state index in [1.807, 2.05) is 175 Å². The summed E-state index contributed by atoms with van der Waals surface area (Å²) in [5.74, 6) is -0.998. The lowest BCUT2D eigenvalue weighted by molar-refractivity contribution is -0.0520. The van der Waals surface area contributed by atoms with E-state index in [-0.39, 0.29) is 17.6 Å². The van der Waals surface area contributed by atoms with Crippen molar-refractivity contribution in [3.63, 3.8) is 0 Å². The largest absolute Gasteiger partial charge is 0.534 e. The molecular formula is C58H47F3N2O3S. The van der Waals surface area contributed by atoms with Gasteiger partial charge >= 0.3 is 15.6 Å². The Morgan fingerprint density at radius 2 is 1.19 bits per heavy atom. The quantitative estimate of drug-likeness (QED) is 0.104. The molecule has 9 heteroatoms. The monoisotopic (exact) mass is 908 g/mol. The minimum absolute atomic E-state index is 0.191. The lowest BCUT2D eigenvalue weighted by atomic mass is 9.75. The highest BCUT2D eigenvalue weighted by molar-refractivity contribution is 7.87. The molecule has 3 aliphatic carbocycles. The van der Waals surface area contributed by atoms with Crippen LogP contribution in [0.2, 0.25) is 0 Å². The summed E-state index contributed by atoms with van der Waals surface area (Å²) >= 11 is 0. The first-order valence-electron chi connectivity index (χ1n) is 22.4. The van der Waals surface area contributed by atoms with Gasteiger partial charge in [0.1, 0.15) is 5.76 Å². The van der Waals surface area contributed by atoms with Crippen LogP contribution in [-0.2, 0) is 19.7 Å². The Bertz CT molecular complexity index is 3230. The SMILES string of the molecule is CC1(C)c2ccccc2-c2ccc(N(C3=CC(OS(=O)(=O)C(F)(F)F)=C(C4C(c5ccccc5)=CC=CC4Nc4cccc(-c5ccccc5)c4)CC3)c3cccc(-c4ccccc4)c3)cc21. The Hall–Kier alpha value is -7.36. The van der Waals surface area contributed by atoms with E-state index >= 15 is 0 Å². The average Bonchev–Trinajstić information content (AvgIpc) is 3.57. The Labute approximate surface area is 390 Å². The molecule has 7 aromatic rings. The number of nitrogens with one attached hydrogen (secondary N) is 1. The maximum Gasteiger partial charge on any atom is 0.534 e. The molecule has 5 nitrogen and oxygen atoms in total. The van der Waals surface area contributed by atoms with E-state index in [4.69, 9.17) is 4.18 Å². The van der Waals surface area contributed by atoms with Crippen molar-refractivity contribution in [1.29, 1.82) is 0 Å². The molecule has 0 amide bonds. The second-order valence-corrected chi connectivity index (χ2v) is 19.2. The van der Waals surface area contributed by atoms with Crippen LogP contribution >= 0.6 is 0 Å². The van der Waals surface area contributed by atoms with Crippen LogP contribution < -0.4 is 10.2 Å². The van der Waals surface area contributed by atoms with E-state index in [1.54, 1.807) is 0 Å². The number of anilines is 3. The van der Waals surface area contributed by atoms with Gasteiger partial charge in [-0.2, -0.15) is 21.6 Å². The van der Waals surface area contributed by atoms with Gasteiger partial charge in [-0.15, -0.1) is 0 Å². The fourth-order valence-electron chi connectivity index (χ4n) is 9.94. The van der Waals surface area contributed by atoms with Crippen molar-refractivity contribution in [1.82, 2.24) is 0 Å². The number of allylic oxidation sites excluding steroid dienone is 4. The highest BCUT2D eigenvalue weighted by Crippen LogP contribution is 2.51. The topological polar surface area (TPSA) is 58.6 Å². The van der Waals surface area contributed by atoms with Gasteiger partial charge in [-0.1, -0.05) is 178 Å². The summed E-state index contributed by atoms with van der Waals surface area (Å²) in [5.41, 5.74) is 7.49.